The highest BCUT2D eigenvalue weighted by Gasteiger charge is 2.44. The Morgan fingerprint density at radius 3 is 1.29 bits per heavy atom. The summed E-state index contributed by atoms with van der Waals surface area (Å²) >= 11 is 0. The molecule has 70 heavy (non-hydrogen) atoms. The Morgan fingerprint density at radius 2 is 0.857 bits per heavy atom. The Hall–Kier alpha value is -1.85. The van der Waals surface area contributed by atoms with E-state index in [-0.39, 0.29) is 12.5 Å². The molecule has 410 valence electrons. The molecule has 9 nitrogen and oxygen atoms in total. The minimum atomic E-state index is -1.57. The van der Waals surface area contributed by atoms with Crippen LogP contribution in [0.4, 0.5) is 0 Å². The van der Waals surface area contributed by atoms with Crippen molar-refractivity contribution in [2.75, 3.05) is 13.2 Å². The number of aliphatic hydroxyl groups is 5. The summed E-state index contributed by atoms with van der Waals surface area (Å²) in [6.07, 6.45) is 60.5. The van der Waals surface area contributed by atoms with Crippen molar-refractivity contribution in [3.8, 4) is 0 Å². The Bertz CT molecular complexity index is 1240. The highest BCUT2D eigenvalue weighted by molar-refractivity contribution is 5.76. The molecule has 1 saturated heterocycles. The molecule has 1 fully saturated rings. The summed E-state index contributed by atoms with van der Waals surface area (Å²) in [5.74, 6) is -0.185. The second kappa shape index (κ2) is 50.7. The summed E-state index contributed by atoms with van der Waals surface area (Å²) in [7, 11) is 0. The van der Waals surface area contributed by atoms with Crippen LogP contribution in [0.2, 0.25) is 0 Å². The van der Waals surface area contributed by atoms with Gasteiger partial charge < -0.3 is 40.3 Å². The van der Waals surface area contributed by atoms with Crippen LogP contribution in [0.25, 0.3) is 0 Å². The Kier molecular flexibility index (Phi) is 47.9. The quantitative estimate of drug-likeness (QED) is 0.0261. The fourth-order valence-corrected chi connectivity index (χ4v) is 9.38. The van der Waals surface area contributed by atoms with Crippen molar-refractivity contribution in [3.05, 3.63) is 48.6 Å². The van der Waals surface area contributed by atoms with E-state index in [1.807, 2.05) is 6.08 Å². The van der Waals surface area contributed by atoms with Crippen LogP contribution in [0, 0.1) is 0 Å². The predicted molar refractivity (Wildman–Crippen MR) is 295 cm³/mol. The van der Waals surface area contributed by atoms with Gasteiger partial charge in [-0.05, 0) is 64.2 Å². The van der Waals surface area contributed by atoms with Gasteiger partial charge in [-0.1, -0.05) is 255 Å². The zero-order valence-electron chi connectivity index (χ0n) is 45.5. The SMILES string of the molecule is CCCCCCCCCCC/C=C\C/C=C\CCCCCCCCCCCCCCCCCC(=O)NC(COC1OC(CO)C(O)C(O)C1O)C(O)/C=C/CC/C=C/CCCCCCCCCCCC. The molecule has 0 aliphatic carbocycles. The Balaban J connectivity index is 2.17. The Labute approximate surface area is 431 Å². The van der Waals surface area contributed by atoms with Crippen LogP contribution in [0.5, 0.6) is 0 Å². The number of carbonyl (C=O) groups is 1. The summed E-state index contributed by atoms with van der Waals surface area (Å²) < 4.78 is 11.3. The lowest BCUT2D eigenvalue weighted by molar-refractivity contribution is -0.302. The number of rotatable bonds is 51. The lowest BCUT2D eigenvalue weighted by Gasteiger charge is -2.40. The number of aliphatic hydroxyl groups excluding tert-OH is 5. The third-order valence-electron chi connectivity index (χ3n) is 14.1. The van der Waals surface area contributed by atoms with Gasteiger partial charge in [-0.2, -0.15) is 0 Å². The molecule has 6 N–H and O–H groups in total. The zero-order chi connectivity index (χ0) is 50.8. The van der Waals surface area contributed by atoms with Gasteiger partial charge in [0.25, 0.3) is 0 Å². The van der Waals surface area contributed by atoms with Crippen molar-refractivity contribution in [1.82, 2.24) is 5.32 Å². The van der Waals surface area contributed by atoms with Gasteiger partial charge in [0, 0.05) is 6.42 Å². The fourth-order valence-electron chi connectivity index (χ4n) is 9.38. The average Bonchev–Trinajstić information content (AvgIpc) is 3.36. The first-order valence-corrected chi connectivity index (χ1v) is 29.9. The monoisotopic (exact) mass is 988 g/mol. The zero-order valence-corrected chi connectivity index (χ0v) is 45.5. The van der Waals surface area contributed by atoms with E-state index in [1.54, 1.807) is 6.08 Å². The maximum atomic E-state index is 13.1. The van der Waals surface area contributed by atoms with Gasteiger partial charge in [0.05, 0.1) is 25.4 Å². The number of hydrogen-bond donors (Lipinski definition) is 6. The molecule has 7 unspecified atom stereocenters. The van der Waals surface area contributed by atoms with Gasteiger partial charge in [0.2, 0.25) is 5.91 Å². The van der Waals surface area contributed by atoms with Crippen LogP contribution in [-0.4, -0.2) is 87.5 Å². The lowest BCUT2D eigenvalue weighted by atomic mass is 9.99. The lowest BCUT2D eigenvalue weighted by Crippen LogP contribution is -2.60. The summed E-state index contributed by atoms with van der Waals surface area (Å²) in [4.78, 5) is 13.1. The van der Waals surface area contributed by atoms with E-state index in [0.717, 1.165) is 44.9 Å². The molecule has 0 saturated carbocycles. The highest BCUT2D eigenvalue weighted by Crippen LogP contribution is 2.23. The third kappa shape index (κ3) is 39.7. The summed E-state index contributed by atoms with van der Waals surface area (Å²) in [6, 6.07) is -0.822. The van der Waals surface area contributed by atoms with Crippen LogP contribution in [0.1, 0.15) is 277 Å². The highest BCUT2D eigenvalue weighted by atomic mass is 16.7. The van der Waals surface area contributed by atoms with E-state index in [0.29, 0.717) is 6.42 Å². The van der Waals surface area contributed by atoms with E-state index in [4.69, 9.17) is 9.47 Å². The average molecular weight is 989 g/mol. The van der Waals surface area contributed by atoms with Crippen molar-refractivity contribution >= 4 is 5.91 Å². The smallest absolute Gasteiger partial charge is 0.220 e. The molecule has 1 amide bonds. The van der Waals surface area contributed by atoms with Gasteiger partial charge >= 0.3 is 0 Å². The minimum absolute atomic E-state index is 0.185. The van der Waals surface area contributed by atoms with Crippen molar-refractivity contribution in [3.63, 3.8) is 0 Å². The Morgan fingerprint density at radius 1 is 0.486 bits per heavy atom. The van der Waals surface area contributed by atoms with Crippen molar-refractivity contribution < 1.29 is 39.8 Å². The van der Waals surface area contributed by atoms with E-state index in [1.165, 1.54) is 212 Å². The summed E-state index contributed by atoms with van der Waals surface area (Å²) in [5.41, 5.74) is 0. The first-order valence-electron chi connectivity index (χ1n) is 29.9. The van der Waals surface area contributed by atoms with Crippen LogP contribution in [0.3, 0.4) is 0 Å². The van der Waals surface area contributed by atoms with E-state index in [9.17, 15) is 30.3 Å². The molecule has 0 bridgehead atoms. The van der Waals surface area contributed by atoms with Gasteiger partial charge in [0.15, 0.2) is 6.29 Å². The second-order valence-electron chi connectivity index (χ2n) is 20.8. The van der Waals surface area contributed by atoms with Gasteiger partial charge in [-0.25, -0.2) is 0 Å². The molecule has 7 atom stereocenters. The third-order valence-corrected chi connectivity index (χ3v) is 14.1. The molecule has 1 aliphatic rings. The van der Waals surface area contributed by atoms with E-state index < -0.39 is 49.5 Å². The van der Waals surface area contributed by atoms with Crippen LogP contribution in [-0.2, 0) is 14.3 Å². The van der Waals surface area contributed by atoms with Crippen LogP contribution >= 0.6 is 0 Å². The molecule has 0 spiro atoms. The van der Waals surface area contributed by atoms with Crippen molar-refractivity contribution in [1.29, 1.82) is 0 Å². The van der Waals surface area contributed by atoms with E-state index in [2.05, 4.69) is 55.6 Å². The second-order valence-corrected chi connectivity index (χ2v) is 20.8. The molecule has 0 radical (unpaired) electrons. The first-order chi connectivity index (χ1) is 34.3. The van der Waals surface area contributed by atoms with Crippen LogP contribution < -0.4 is 5.32 Å². The molecule has 1 rings (SSSR count). The number of carbonyl (C=O) groups excluding carboxylic acids is 1. The van der Waals surface area contributed by atoms with Gasteiger partial charge in [0.1, 0.15) is 24.4 Å². The molecule has 0 aromatic heterocycles. The number of amides is 1. The largest absolute Gasteiger partial charge is 0.394 e. The maximum absolute atomic E-state index is 13.1. The number of unbranched alkanes of at least 4 members (excludes halogenated alkanes) is 35. The van der Waals surface area contributed by atoms with E-state index >= 15 is 0 Å². The molecule has 1 heterocycles. The van der Waals surface area contributed by atoms with Crippen molar-refractivity contribution in [2.45, 2.75) is 320 Å². The fraction of sp³-hybridized carbons (Fsp3) is 0.852. The van der Waals surface area contributed by atoms with Crippen LogP contribution in [0.15, 0.2) is 48.6 Å². The summed E-state index contributed by atoms with van der Waals surface area (Å²) in [6.45, 7) is 3.78. The standard InChI is InChI=1S/C61H113NO8/c1-3-5-7-9-11-13-15-17-19-21-22-23-24-25-26-27-28-29-30-31-32-33-34-35-37-39-41-43-45-47-49-51-57(65)62-54(53-69-61-60(68)59(67)58(66)56(52-63)70-61)55(64)50-48-46-44-42-40-38-36-20-18-16-14-12-10-8-6-4-2/h22-23,25-26,40,42,48,50,54-56,58-61,63-64,66-68H,3-21,24,27-39,41,43-47,49,51-53H2,1-2H3,(H,62,65)/b23-22-,26-25-,42-40+,50-48+. The number of nitrogens with one attached hydrogen (secondary N) is 1. The maximum Gasteiger partial charge on any atom is 0.220 e. The minimum Gasteiger partial charge on any atom is -0.394 e. The summed E-state index contributed by atoms with van der Waals surface area (Å²) in [5, 5.41) is 54.4. The molecule has 1 aliphatic heterocycles. The number of ether oxygens (including phenoxy) is 2. The number of allylic oxidation sites excluding steroid dienone is 7. The predicted octanol–water partition coefficient (Wildman–Crippen LogP) is 14.9. The van der Waals surface area contributed by atoms with Gasteiger partial charge in [-0.15, -0.1) is 0 Å². The molecule has 9 heteroatoms. The molecular formula is C61H113NO8. The van der Waals surface area contributed by atoms with Gasteiger partial charge in [-0.3, -0.25) is 4.79 Å². The normalized spacial score (nSPS) is 19.7. The number of hydrogen-bond acceptors (Lipinski definition) is 8. The van der Waals surface area contributed by atoms with Crippen molar-refractivity contribution in [2.24, 2.45) is 0 Å². The topological polar surface area (TPSA) is 149 Å². The molecule has 0 aromatic carbocycles. The molecule has 0 aromatic rings. The molecular weight excluding hydrogens is 875 g/mol. The first kappa shape index (κ1) is 66.2.